The highest BCUT2D eigenvalue weighted by molar-refractivity contribution is 5.14. The van der Waals surface area contributed by atoms with E-state index in [2.05, 4.69) is 54.4 Å². The van der Waals surface area contributed by atoms with E-state index < -0.39 is 0 Å². The van der Waals surface area contributed by atoms with Gasteiger partial charge in [0, 0.05) is 25.2 Å². The predicted molar refractivity (Wildman–Crippen MR) is 82.5 cm³/mol. The molecule has 1 fully saturated rings. The molecular formula is C17H28N2. The number of nitrogens with one attached hydrogen (secondary N) is 1. The molecule has 0 bridgehead atoms. The molecule has 1 aliphatic rings. The smallest absolute Gasteiger partial charge is 0.0110 e. The molecule has 1 aromatic rings. The fraction of sp³-hybridized carbons (Fsp3) is 0.647. The standard InChI is InChI=1S/C17H28N2/c1-3-19(17-11-12-17)14-13-18-15(2)9-10-16-7-5-4-6-8-16/h4-8,15,17-18H,3,9-14H2,1-2H3. The molecule has 106 valence electrons. The van der Waals surface area contributed by atoms with Crippen molar-refractivity contribution in [2.24, 2.45) is 0 Å². The van der Waals surface area contributed by atoms with Gasteiger partial charge in [-0.15, -0.1) is 0 Å². The molecule has 1 aromatic carbocycles. The molecule has 1 unspecified atom stereocenters. The maximum absolute atomic E-state index is 3.66. The Morgan fingerprint density at radius 2 is 2.00 bits per heavy atom. The largest absolute Gasteiger partial charge is 0.313 e. The number of likely N-dealkylation sites (N-methyl/N-ethyl adjacent to an activating group) is 1. The third-order valence-corrected chi connectivity index (χ3v) is 4.07. The highest BCUT2D eigenvalue weighted by atomic mass is 15.2. The Morgan fingerprint density at radius 3 is 2.63 bits per heavy atom. The molecule has 0 amide bonds. The molecule has 1 N–H and O–H groups in total. The number of hydrogen-bond donors (Lipinski definition) is 1. The van der Waals surface area contributed by atoms with Gasteiger partial charge in [-0.1, -0.05) is 37.3 Å². The van der Waals surface area contributed by atoms with Gasteiger partial charge in [0.25, 0.3) is 0 Å². The van der Waals surface area contributed by atoms with Crippen molar-refractivity contribution in [2.75, 3.05) is 19.6 Å². The molecule has 19 heavy (non-hydrogen) atoms. The molecule has 1 aliphatic carbocycles. The van der Waals surface area contributed by atoms with Crippen molar-refractivity contribution >= 4 is 0 Å². The summed E-state index contributed by atoms with van der Waals surface area (Å²) in [6.45, 7) is 8.11. The van der Waals surface area contributed by atoms with E-state index in [4.69, 9.17) is 0 Å². The van der Waals surface area contributed by atoms with E-state index in [0.717, 1.165) is 12.6 Å². The molecule has 2 heteroatoms. The van der Waals surface area contributed by atoms with Gasteiger partial charge in [-0.2, -0.15) is 0 Å². The quantitative estimate of drug-likeness (QED) is 0.734. The van der Waals surface area contributed by atoms with E-state index >= 15 is 0 Å². The SMILES string of the molecule is CCN(CCNC(C)CCc1ccccc1)C1CC1. The van der Waals surface area contributed by atoms with E-state index in [0.29, 0.717) is 6.04 Å². The summed E-state index contributed by atoms with van der Waals surface area (Å²) >= 11 is 0. The summed E-state index contributed by atoms with van der Waals surface area (Å²) in [6.07, 6.45) is 5.23. The topological polar surface area (TPSA) is 15.3 Å². The predicted octanol–water partition coefficient (Wildman–Crippen LogP) is 3.08. The third-order valence-electron chi connectivity index (χ3n) is 4.07. The van der Waals surface area contributed by atoms with Crippen LogP contribution < -0.4 is 5.32 Å². The number of rotatable bonds is 9. The van der Waals surface area contributed by atoms with E-state index in [9.17, 15) is 0 Å². The second-order valence-electron chi connectivity index (χ2n) is 5.74. The van der Waals surface area contributed by atoms with Crippen LogP contribution >= 0.6 is 0 Å². The average Bonchev–Trinajstić information content (AvgIpc) is 3.27. The van der Waals surface area contributed by atoms with Crippen LogP contribution in [-0.4, -0.2) is 36.6 Å². The van der Waals surface area contributed by atoms with Gasteiger partial charge in [-0.05, 0) is 44.7 Å². The molecule has 2 nitrogen and oxygen atoms in total. The van der Waals surface area contributed by atoms with Crippen molar-refractivity contribution in [1.82, 2.24) is 10.2 Å². The average molecular weight is 260 g/mol. The van der Waals surface area contributed by atoms with Gasteiger partial charge in [0.15, 0.2) is 0 Å². The zero-order valence-electron chi connectivity index (χ0n) is 12.4. The summed E-state index contributed by atoms with van der Waals surface area (Å²) in [4.78, 5) is 2.61. The summed E-state index contributed by atoms with van der Waals surface area (Å²) in [7, 11) is 0. The van der Waals surface area contributed by atoms with Crippen LogP contribution in [0.15, 0.2) is 30.3 Å². The van der Waals surface area contributed by atoms with Crippen LogP contribution in [0.1, 0.15) is 38.7 Å². The fourth-order valence-electron chi connectivity index (χ4n) is 2.62. The Balaban J connectivity index is 1.57. The first-order valence-electron chi connectivity index (χ1n) is 7.81. The summed E-state index contributed by atoms with van der Waals surface area (Å²) in [5.74, 6) is 0. The van der Waals surface area contributed by atoms with Crippen LogP contribution in [0.25, 0.3) is 0 Å². The highest BCUT2D eigenvalue weighted by Crippen LogP contribution is 2.25. The lowest BCUT2D eigenvalue weighted by molar-refractivity contribution is 0.272. The monoisotopic (exact) mass is 260 g/mol. The Hall–Kier alpha value is -0.860. The molecule has 2 rings (SSSR count). The molecule has 1 atom stereocenters. The minimum Gasteiger partial charge on any atom is -0.313 e. The van der Waals surface area contributed by atoms with E-state index in [1.54, 1.807) is 0 Å². The minimum absolute atomic E-state index is 0.609. The summed E-state index contributed by atoms with van der Waals surface area (Å²) in [5, 5.41) is 3.66. The molecular weight excluding hydrogens is 232 g/mol. The Kier molecular flexibility index (Phi) is 5.87. The van der Waals surface area contributed by atoms with Gasteiger partial charge in [0.2, 0.25) is 0 Å². The van der Waals surface area contributed by atoms with Gasteiger partial charge in [0.05, 0.1) is 0 Å². The van der Waals surface area contributed by atoms with E-state index in [1.165, 1.54) is 44.3 Å². The number of hydrogen-bond acceptors (Lipinski definition) is 2. The van der Waals surface area contributed by atoms with Gasteiger partial charge >= 0.3 is 0 Å². The van der Waals surface area contributed by atoms with Crippen LogP contribution in [0.5, 0.6) is 0 Å². The lowest BCUT2D eigenvalue weighted by atomic mass is 10.1. The second-order valence-corrected chi connectivity index (χ2v) is 5.74. The first kappa shape index (κ1) is 14.5. The summed E-state index contributed by atoms with van der Waals surface area (Å²) in [6, 6.07) is 12.3. The van der Waals surface area contributed by atoms with E-state index in [1.807, 2.05) is 0 Å². The van der Waals surface area contributed by atoms with Crippen molar-refractivity contribution in [3.05, 3.63) is 35.9 Å². The van der Waals surface area contributed by atoms with Gasteiger partial charge in [-0.25, -0.2) is 0 Å². The number of nitrogens with zero attached hydrogens (tertiary/aromatic N) is 1. The van der Waals surface area contributed by atoms with Gasteiger partial charge in [-0.3, -0.25) is 4.90 Å². The Labute approximate surface area is 118 Å². The molecule has 0 heterocycles. The molecule has 0 aromatic heterocycles. The molecule has 1 saturated carbocycles. The third kappa shape index (κ3) is 5.33. The zero-order chi connectivity index (χ0) is 13.5. The fourth-order valence-corrected chi connectivity index (χ4v) is 2.62. The van der Waals surface area contributed by atoms with Crippen molar-refractivity contribution in [1.29, 1.82) is 0 Å². The van der Waals surface area contributed by atoms with Crippen LogP contribution in [-0.2, 0) is 6.42 Å². The summed E-state index contributed by atoms with van der Waals surface area (Å²) < 4.78 is 0. The first-order chi connectivity index (χ1) is 9.29. The number of benzene rings is 1. The van der Waals surface area contributed by atoms with Crippen LogP contribution in [0, 0.1) is 0 Å². The first-order valence-corrected chi connectivity index (χ1v) is 7.81. The van der Waals surface area contributed by atoms with Crippen molar-refractivity contribution < 1.29 is 0 Å². The maximum atomic E-state index is 3.66. The molecule has 0 aliphatic heterocycles. The van der Waals surface area contributed by atoms with Crippen molar-refractivity contribution in [3.8, 4) is 0 Å². The Bertz CT molecular complexity index is 346. The lowest BCUT2D eigenvalue weighted by Crippen LogP contribution is -2.37. The maximum Gasteiger partial charge on any atom is 0.0110 e. The zero-order valence-corrected chi connectivity index (χ0v) is 12.4. The number of aryl methyl sites for hydroxylation is 1. The second kappa shape index (κ2) is 7.66. The van der Waals surface area contributed by atoms with Crippen LogP contribution in [0.3, 0.4) is 0 Å². The molecule has 0 saturated heterocycles. The normalized spacial score (nSPS) is 16.8. The summed E-state index contributed by atoms with van der Waals surface area (Å²) in [5.41, 5.74) is 1.45. The molecule has 0 spiro atoms. The van der Waals surface area contributed by atoms with Crippen LogP contribution in [0.2, 0.25) is 0 Å². The van der Waals surface area contributed by atoms with Gasteiger partial charge < -0.3 is 5.32 Å². The lowest BCUT2D eigenvalue weighted by Gasteiger charge is -2.21. The highest BCUT2D eigenvalue weighted by Gasteiger charge is 2.27. The van der Waals surface area contributed by atoms with Crippen molar-refractivity contribution in [3.63, 3.8) is 0 Å². The van der Waals surface area contributed by atoms with E-state index in [-0.39, 0.29) is 0 Å². The minimum atomic E-state index is 0.609. The van der Waals surface area contributed by atoms with Gasteiger partial charge in [0.1, 0.15) is 0 Å². The van der Waals surface area contributed by atoms with Crippen molar-refractivity contribution in [2.45, 2.75) is 51.6 Å². The Morgan fingerprint density at radius 1 is 1.26 bits per heavy atom. The molecule has 0 radical (unpaired) electrons. The van der Waals surface area contributed by atoms with Crippen LogP contribution in [0.4, 0.5) is 0 Å².